The summed E-state index contributed by atoms with van der Waals surface area (Å²) in [7, 11) is 0. The molecule has 1 aliphatic carbocycles. The van der Waals surface area contributed by atoms with Gasteiger partial charge in [-0.25, -0.2) is 4.39 Å². The maximum absolute atomic E-state index is 12.9. The van der Waals surface area contributed by atoms with Crippen LogP contribution in [-0.2, 0) is 9.59 Å². The van der Waals surface area contributed by atoms with Gasteiger partial charge in [0.1, 0.15) is 5.82 Å². The zero-order chi connectivity index (χ0) is 19.9. The van der Waals surface area contributed by atoms with Crippen LogP contribution in [0.1, 0.15) is 61.7 Å². The van der Waals surface area contributed by atoms with E-state index in [9.17, 15) is 18.8 Å². The van der Waals surface area contributed by atoms with Crippen LogP contribution in [0.4, 0.5) is 4.39 Å². The molecule has 0 aromatic heterocycles. The molecule has 1 aromatic carbocycles. The van der Waals surface area contributed by atoms with Gasteiger partial charge in [0.25, 0.3) is 0 Å². The van der Waals surface area contributed by atoms with Crippen molar-refractivity contribution in [1.29, 1.82) is 0 Å². The fraction of sp³-hybridized carbons (Fsp3) is 0.591. The number of carbonyl (C=O) groups excluding carboxylic acids is 3. The summed E-state index contributed by atoms with van der Waals surface area (Å²) < 4.78 is 12.9. The van der Waals surface area contributed by atoms with Gasteiger partial charge in [-0.2, -0.15) is 0 Å². The smallest absolute Gasteiger partial charge is 0.225 e. The quantitative estimate of drug-likeness (QED) is 0.702. The molecule has 1 saturated heterocycles. The van der Waals surface area contributed by atoms with Gasteiger partial charge in [0.2, 0.25) is 11.8 Å². The second kappa shape index (κ2) is 9.80. The molecule has 6 heteroatoms. The van der Waals surface area contributed by atoms with Crippen molar-refractivity contribution in [2.75, 3.05) is 26.2 Å². The molecule has 0 unspecified atom stereocenters. The molecule has 1 aromatic rings. The van der Waals surface area contributed by atoms with Crippen LogP contribution >= 0.6 is 0 Å². The third-order valence-electron chi connectivity index (χ3n) is 5.86. The maximum Gasteiger partial charge on any atom is 0.225 e. The monoisotopic (exact) mass is 388 g/mol. The molecule has 2 amide bonds. The van der Waals surface area contributed by atoms with Crippen LogP contribution in [0.5, 0.6) is 0 Å². The summed E-state index contributed by atoms with van der Waals surface area (Å²) in [6, 6.07) is 5.49. The zero-order valence-electron chi connectivity index (χ0n) is 16.4. The summed E-state index contributed by atoms with van der Waals surface area (Å²) in [6.45, 7) is 2.36. The highest BCUT2D eigenvalue weighted by molar-refractivity contribution is 5.96. The lowest BCUT2D eigenvalue weighted by Crippen LogP contribution is -2.52. The number of hydrogen-bond donors (Lipinski definition) is 0. The van der Waals surface area contributed by atoms with Crippen LogP contribution in [-0.4, -0.2) is 53.6 Å². The standard InChI is InChI=1S/C22H29FN2O3/c23-19-11-9-17(10-12-19)20(26)7-4-8-21(27)24-13-15-25(16-14-24)22(28)18-5-2-1-3-6-18/h9-12,18H,1-8,13-16H2. The molecule has 0 spiro atoms. The molecule has 152 valence electrons. The Morgan fingerprint density at radius 1 is 0.857 bits per heavy atom. The maximum atomic E-state index is 12.9. The van der Waals surface area contributed by atoms with Crippen LogP contribution in [0.3, 0.4) is 0 Å². The van der Waals surface area contributed by atoms with Gasteiger partial charge >= 0.3 is 0 Å². The summed E-state index contributed by atoms with van der Waals surface area (Å²) in [4.78, 5) is 40.8. The van der Waals surface area contributed by atoms with Gasteiger partial charge in [-0.1, -0.05) is 19.3 Å². The predicted molar refractivity (Wildman–Crippen MR) is 104 cm³/mol. The summed E-state index contributed by atoms with van der Waals surface area (Å²) in [5, 5.41) is 0. The van der Waals surface area contributed by atoms with Crippen molar-refractivity contribution >= 4 is 17.6 Å². The minimum atomic E-state index is -0.368. The highest BCUT2D eigenvalue weighted by Gasteiger charge is 2.29. The van der Waals surface area contributed by atoms with Crippen molar-refractivity contribution in [2.24, 2.45) is 5.92 Å². The Kier molecular flexibility index (Phi) is 7.18. The largest absolute Gasteiger partial charge is 0.339 e. The van der Waals surface area contributed by atoms with Crippen LogP contribution in [0, 0.1) is 11.7 Å². The van der Waals surface area contributed by atoms with Crippen molar-refractivity contribution in [1.82, 2.24) is 9.80 Å². The first-order valence-corrected chi connectivity index (χ1v) is 10.4. The van der Waals surface area contributed by atoms with Crippen LogP contribution in [0.15, 0.2) is 24.3 Å². The molecular formula is C22H29FN2O3. The Hall–Kier alpha value is -2.24. The fourth-order valence-electron chi connectivity index (χ4n) is 4.12. The number of carbonyl (C=O) groups is 3. The molecule has 2 fully saturated rings. The average Bonchev–Trinajstić information content (AvgIpc) is 2.74. The lowest BCUT2D eigenvalue weighted by Gasteiger charge is -2.37. The Labute approximate surface area is 165 Å². The first-order valence-electron chi connectivity index (χ1n) is 10.4. The Morgan fingerprint density at radius 3 is 2.11 bits per heavy atom. The zero-order valence-corrected chi connectivity index (χ0v) is 16.4. The van der Waals surface area contributed by atoms with E-state index in [-0.39, 0.29) is 35.8 Å². The Balaban J connectivity index is 1.37. The normalized spacial score (nSPS) is 18.2. The number of rotatable bonds is 6. The van der Waals surface area contributed by atoms with E-state index in [4.69, 9.17) is 0 Å². The number of ketones is 1. The molecule has 0 radical (unpaired) electrons. The topological polar surface area (TPSA) is 57.7 Å². The van der Waals surface area contributed by atoms with Gasteiger partial charge in [-0.15, -0.1) is 0 Å². The van der Waals surface area contributed by atoms with Crippen LogP contribution < -0.4 is 0 Å². The lowest BCUT2D eigenvalue weighted by molar-refractivity contribution is -0.142. The van der Waals surface area contributed by atoms with Crippen molar-refractivity contribution in [3.05, 3.63) is 35.6 Å². The molecule has 0 N–H and O–H groups in total. The van der Waals surface area contributed by atoms with Crippen LogP contribution in [0.25, 0.3) is 0 Å². The number of benzene rings is 1. The van der Waals surface area contributed by atoms with Gasteiger partial charge in [-0.05, 0) is 43.5 Å². The molecule has 28 heavy (non-hydrogen) atoms. The molecule has 1 aliphatic heterocycles. The molecule has 1 saturated carbocycles. The Bertz CT molecular complexity index is 690. The number of nitrogens with zero attached hydrogens (tertiary/aromatic N) is 2. The summed E-state index contributed by atoms with van der Waals surface area (Å²) in [6.07, 6.45) is 6.60. The predicted octanol–water partition coefficient (Wildman–Crippen LogP) is 3.43. The highest BCUT2D eigenvalue weighted by Crippen LogP contribution is 2.26. The fourth-order valence-corrected chi connectivity index (χ4v) is 4.12. The van der Waals surface area contributed by atoms with Gasteiger partial charge < -0.3 is 9.80 Å². The van der Waals surface area contributed by atoms with Crippen LogP contribution in [0.2, 0.25) is 0 Å². The number of Topliss-reactive ketones (excluding diaryl/α,β-unsaturated/α-hetero) is 1. The van der Waals surface area contributed by atoms with Crippen molar-refractivity contribution in [2.45, 2.75) is 51.4 Å². The highest BCUT2D eigenvalue weighted by atomic mass is 19.1. The van der Waals surface area contributed by atoms with Gasteiger partial charge in [0, 0.05) is 50.5 Å². The first-order chi connectivity index (χ1) is 13.5. The molecule has 1 heterocycles. The van der Waals surface area contributed by atoms with E-state index in [1.165, 1.54) is 30.7 Å². The minimum Gasteiger partial charge on any atom is -0.339 e. The molecule has 3 rings (SSSR count). The van der Waals surface area contributed by atoms with E-state index in [1.54, 1.807) is 4.90 Å². The second-order valence-electron chi connectivity index (χ2n) is 7.82. The number of halogens is 1. The third kappa shape index (κ3) is 5.40. The van der Waals surface area contributed by atoms with Crippen molar-refractivity contribution < 1.29 is 18.8 Å². The van der Waals surface area contributed by atoms with Crippen molar-refractivity contribution in [3.63, 3.8) is 0 Å². The Morgan fingerprint density at radius 2 is 1.46 bits per heavy atom. The molecule has 0 atom stereocenters. The number of piperazine rings is 1. The second-order valence-corrected chi connectivity index (χ2v) is 7.82. The third-order valence-corrected chi connectivity index (χ3v) is 5.86. The van der Waals surface area contributed by atoms with E-state index >= 15 is 0 Å². The van der Waals surface area contributed by atoms with E-state index in [0.717, 1.165) is 25.7 Å². The molecule has 0 bridgehead atoms. The van der Waals surface area contributed by atoms with Gasteiger partial charge in [-0.3, -0.25) is 14.4 Å². The summed E-state index contributed by atoms with van der Waals surface area (Å²) >= 11 is 0. The van der Waals surface area contributed by atoms with E-state index in [0.29, 0.717) is 44.6 Å². The van der Waals surface area contributed by atoms with E-state index < -0.39 is 0 Å². The van der Waals surface area contributed by atoms with E-state index in [2.05, 4.69) is 0 Å². The van der Waals surface area contributed by atoms with Gasteiger partial charge in [0.05, 0.1) is 0 Å². The molecule has 5 nitrogen and oxygen atoms in total. The van der Waals surface area contributed by atoms with Gasteiger partial charge in [0.15, 0.2) is 5.78 Å². The van der Waals surface area contributed by atoms with Crippen molar-refractivity contribution in [3.8, 4) is 0 Å². The summed E-state index contributed by atoms with van der Waals surface area (Å²) in [5.41, 5.74) is 0.476. The summed E-state index contributed by atoms with van der Waals surface area (Å²) in [5.74, 6) is 0.0328. The SMILES string of the molecule is O=C(CCCC(=O)N1CCN(C(=O)C2CCCCC2)CC1)c1ccc(F)cc1. The molecular weight excluding hydrogens is 359 g/mol. The number of hydrogen-bond acceptors (Lipinski definition) is 3. The minimum absolute atomic E-state index is 0.0386. The number of amides is 2. The average molecular weight is 388 g/mol. The van der Waals surface area contributed by atoms with E-state index in [1.807, 2.05) is 4.90 Å². The first kappa shape index (κ1) is 20.5. The lowest BCUT2D eigenvalue weighted by atomic mass is 9.88. The molecule has 2 aliphatic rings.